The number of carbonyl (C=O) groups excluding carboxylic acids is 2. The van der Waals surface area contributed by atoms with Gasteiger partial charge < -0.3 is 10.5 Å². The first-order valence-corrected chi connectivity index (χ1v) is 4.19. The lowest BCUT2D eigenvalue weighted by atomic mass is 10.1. The van der Waals surface area contributed by atoms with E-state index in [1.165, 1.54) is 6.07 Å². The number of halogens is 1. The van der Waals surface area contributed by atoms with Gasteiger partial charge in [-0.1, -0.05) is 0 Å². The van der Waals surface area contributed by atoms with E-state index in [4.69, 9.17) is 5.26 Å². The Labute approximate surface area is 90.2 Å². The first-order chi connectivity index (χ1) is 7.54. The molecule has 6 heteroatoms. The highest BCUT2D eigenvalue weighted by Crippen LogP contribution is 2.11. The summed E-state index contributed by atoms with van der Waals surface area (Å²) in [5.74, 6) is -1.54. The molecule has 0 aliphatic heterocycles. The molecule has 5 nitrogen and oxygen atoms in total. The lowest BCUT2D eigenvalue weighted by Gasteiger charge is -2.02. The van der Waals surface area contributed by atoms with Crippen LogP contribution in [0.2, 0.25) is 0 Å². The summed E-state index contributed by atoms with van der Waals surface area (Å²) in [7, 11) is 0. The van der Waals surface area contributed by atoms with Crippen LogP contribution in [-0.2, 0) is 4.74 Å². The van der Waals surface area contributed by atoms with E-state index in [0.717, 1.165) is 12.1 Å². The van der Waals surface area contributed by atoms with Crippen LogP contribution in [0.3, 0.4) is 0 Å². The number of primary amides is 1. The average Bonchev–Trinajstić information content (AvgIpc) is 2.26. The number of benzene rings is 1. The number of ketones is 1. The first kappa shape index (κ1) is 11.7. The van der Waals surface area contributed by atoms with Crippen molar-refractivity contribution in [2.75, 3.05) is 6.61 Å². The van der Waals surface area contributed by atoms with Crippen LogP contribution in [0.15, 0.2) is 18.2 Å². The lowest BCUT2D eigenvalue weighted by molar-refractivity contribution is 0.0853. The Hall–Kier alpha value is -2.42. The van der Waals surface area contributed by atoms with Gasteiger partial charge in [-0.2, -0.15) is 5.26 Å². The maximum absolute atomic E-state index is 13.2. The zero-order valence-corrected chi connectivity index (χ0v) is 8.07. The van der Waals surface area contributed by atoms with Gasteiger partial charge in [-0.3, -0.25) is 4.79 Å². The van der Waals surface area contributed by atoms with Gasteiger partial charge in [0.1, 0.15) is 5.82 Å². The van der Waals surface area contributed by atoms with Gasteiger partial charge in [0.25, 0.3) is 0 Å². The molecule has 2 N–H and O–H groups in total. The first-order valence-electron chi connectivity index (χ1n) is 4.19. The molecule has 0 aromatic heterocycles. The summed E-state index contributed by atoms with van der Waals surface area (Å²) in [6.45, 7) is -0.652. The number of amides is 1. The predicted octanol–water partition coefficient (Wildman–Crippen LogP) is 0.975. The van der Waals surface area contributed by atoms with Crippen molar-refractivity contribution < 1.29 is 18.7 Å². The largest absolute Gasteiger partial charge is 0.441 e. The summed E-state index contributed by atoms with van der Waals surface area (Å²) in [5, 5.41) is 8.56. The molecule has 0 saturated carbocycles. The van der Waals surface area contributed by atoms with Crippen LogP contribution in [0.4, 0.5) is 9.18 Å². The number of rotatable bonds is 3. The molecule has 0 radical (unpaired) electrons. The smallest absolute Gasteiger partial charge is 0.404 e. The summed E-state index contributed by atoms with van der Waals surface area (Å²) in [6, 6.07) is 5.08. The number of hydrogen-bond donors (Lipinski definition) is 1. The molecular weight excluding hydrogens is 215 g/mol. The minimum Gasteiger partial charge on any atom is -0.441 e. The number of ether oxygens (including phenoxy) is 1. The van der Waals surface area contributed by atoms with Crippen molar-refractivity contribution in [2.24, 2.45) is 5.73 Å². The third-order valence-corrected chi connectivity index (χ3v) is 1.74. The molecule has 0 heterocycles. The Morgan fingerprint density at radius 3 is 2.75 bits per heavy atom. The molecule has 16 heavy (non-hydrogen) atoms. The molecule has 1 rings (SSSR count). The molecule has 0 atom stereocenters. The number of nitrogens with zero attached hydrogens (tertiary/aromatic N) is 1. The number of hydrogen-bond acceptors (Lipinski definition) is 4. The summed E-state index contributed by atoms with van der Waals surface area (Å²) in [5.41, 5.74) is 4.49. The van der Waals surface area contributed by atoms with E-state index < -0.39 is 24.3 Å². The van der Waals surface area contributed by atoms with Crippen molar-refractivity contribution in [1.29, 1.82) is 5.26 Å². The Balaban J connectivity index is 2.90. The molecule has 0 spiro atoms. The SMILES string of the molecule is N#Cc1ccc(F)c(C(=O)COC(N)=O)c1. The molecule has 0 bridgehead atoms. The molecule has 0 unspecified atom stereocenters. The molecule has 0 aliphatic rings. The minimum atomic E-state index is -1.12. The van der Waals surface area contributed by atoms with Crippen molar-refractivity contribution >= 4 is 11.9 Å². The predicted molar refractivity (Wildman–Crippen MR) is 51.0 cm³/mol. The van der Waals surface area contributed by atoms with E-state index in [1.54, 1.807) is 6.07 Å². The Bertz CT molecular complexity index is 479. The maximum atomic E-state index is 13.2. The molecule has 1 aromatic rings. The second-order valence-electron chi connectivity index (χ2n) is 2.84. The minimum absolute atomic E-state index is 0.142. The zero-order chi connectivity index (χ0) is 12.1. The highest BCUT2D eigenvalue weighted by molar-refractivity contribution is 5.98. The summed E-state index contributed by atoms with van der Waals surface area (Å²) in [6.07, 6.45) is -1.12. The number of carbonyl (C=O) groups is 2. The van der Waals surface area contributed by atoms with Gasteiger partial charge in [0.2, 0.25) is 5.78 Å². The van der Waals surface area contributed by atoms with Crippen LogP contribution >= 0.6 is 0 Å². The monoisotopic (exact) mass is 222 g/mol. The second-order valence-corrected chi connectivity index (χ2v) is 2.84. The third-order valence-electron chi connectivity index (χ3n) is 1.74. The summed E-state index contributed by atoms with van der Waals surface area (Å²) >= 11 is 0. The highest BCUT2D eigenvalue weighted by Gasteiger charge is 2.13. The van der Waals surface area contributed by atoms with E-state index in [1.807, 2.05) is 0 Å². The molecular formula is C10H7FN2O3. The Kier molecular flexibility index (Phi) is 3.56. The fraction of sp³-hybridized carbons (Fsp3) is 0.100. The molecule has 82 valence electrons. The maximum Gasteiger partial charge on any atom is 0.404 e. The van der Waals surface area contributed by atoms with Crippen molar-refractivity contribution in [3.8, 4) is 6.07 Å². The van der Waals surface area contributed by atoms with E-state index in [0.29, 0.717) is 0 Å². The van der Waals surface area contributed by atoms with Crippen LogP contribution in [0, 0.1) is 17.1 Å². The molecule has 1 aromatic carbocycles. The number of Topliss-reactive ketones (excluding diaryl/α,β-unsaturated/α-hetero) is 1. The quantitative estimate of drug-likeness (QED) is 0.771. The lowest BCUT2D eigenvalue weighted by Crippen LogP contribution is -2.19. The van der Waals surface area contributed by atoms with Gasteiger partial charge >= 0.3 is 6.09 Å². The Morgan fingerprint density at radius 1 is 1.50 bits per heavy atom. The third kappa shape index (κ3) is 2.78. The van der Waals surface area contributed by atoms with Gasteiger partial charge in [-0.05, 0) is 18.2 Å². The van der Waals surface area contributed by atoms with Crippen LogP contribution in [0.1, 0.15) is 15.9 Å². The van der Waals surface area contributed by atoms with Crippen molar-refractivity contribution in [3.05, 3.63) is 35.1 Å². The van der Waals surface area contributed by atoms with Gasteiger partial charge in [0, 0.05) is 0 Å². The average molecular weight is 222 g/mol. The molecule has 0 fully saturated rings. The molecule has 0 saturated heterocycles. The van der Waals surface area contributed by atoms with E-state index in [9.17, 15) is 14.0 Å². The van der Waals surface area contributed by atoms with Gasteiger partial charge in [-0.25, -0.2) is 9.18 Å². The zero-order valence-electron chi connectivity index (χ0n) is 8.07. The second kappa shape index (κ2) is 4.89. The summed E-state index contributed by atoms with van der Waals surface area (Å²) < 4.78 is 17.4. The molecule has 1 amide bonds. The molecule has 0 aliphatic carbocycles. The van der Waals surface area contributed by atoms with Gasteiger partial charge in [0.15, 0.2) is 6.61 Å². The number of nitrogens with two attached hydrogens (primary N) is 1. The van der Waals surface area contributed by atoms with Crippen LogP contribution < -0.4 is 5.73 Å². The van der Waals surface area contributed by atoms with E-state index >= 15 is 0 Å². The van der Waals surface area contributed by atoms with Crippen LogP contribution in [0.5, 0.6) is 0 Å². The van der Waals surface area contributed by atoms with Gasteiger partial charge in [0.05, 0.1) is 17.2 Å². The van der Waals surface area contributed by atoms with Crippen LogP contribution in [-0.4, -0.2) is 18.5 Å². The van der Waals surface area contributed by atoms with Crippen LogP contribution in [0.25, 0.3) is 0 Å². The fourth-order valence-corrected chi connectivity index (χ4v) is 1.02. The van der Waals surface area contributed by atoms with E-state index in [2.05, 4.69) is 10.5 Å². The number of nitriles is 1. The topological polar surface area (TPSA) is 93.2 Å². The standard InChI is InChI=1S/C10H7FN2O3/c11-8-2-1-6(4-12)3-7(8)9(14)5-16-10(13)15/h1-3H,5H2,(H2,13,15). The Morgan fingerprint density at radius 2 is 2.19 bits per heavy atom. The van der Waals surface area contributed by atoms with Crippen molar-refractivity contribution in [3.63, 3.8) is 0 Å². The van der Waals surface area contributed by atoms with Crippen molar-refractivity contribution in [1.82, 2.24) is 0 Å². The summed E-state index contributed by atoms with van der Waals surface area (Å²) in [4.78, 5) is 21.6. The van der Waals surface area contributed by atoms with E-state index in [-0.39, 0.29) is 11.1 Å². The van der Waals surface area contributed by atoms with Gasteiger partial charge in [-0.15, -0.1) is 0 Å². The normalized spacial score (nSPS) is 9.25. The fourth-order valence-electron chi connectivity index (χ4n) is 1.02. The highest BCUT2D eigenvalue weighted by atomic mass is 19.1. The van der Waals surface area contributed by atoms with Crippen molar-refractivity contribution in [2.45, 2.75) is 0 Å².